The second-order valence-corrected chi connectivity index (χ2v) is 10.4. The minimum Gasteiger partial charge on any atom is -0.507 e. The monoisotopic (exact) mass is 522 g/mol. The summed E-state index contributed by atoms with van der Waals surface area (Å²) in [5.41, 5.74) is 1.70. The third-order valence-corrected chi connectivity index (χ3v) is 8.00. The Hall–Kier alpha value is -3.76. The summed E-state index contributed by atoms with van der Waals surface area (Å²) in [5, 5.41) is 13.3. The number of ether oxygens (including phenoxy) is 2. The Balaban J connectivity index is 1.61. The number of aliphatic hydroxyl groups is 1. The van der Waals surface area contributed by atoms with E-state index in [9.17, 15) is 19.5 Å². The first-order chi connectivity index (χ1) is 17.3. The van der Waals surface area contributed by atoms with Crippen LogP contribution < -0.4 is 9.64 Å². The number of benzene rings is 1. The van der Waals surface area contributed by atoms with Crippen molar-refractivity contribution < 1.29 is 29.0 Å². The molecule has 1 fully saturated rings. The molecule has 1 aromatic carbocycles. The van der Waals surface area contributed by atoms with Gasteiger partial charge in [0.2, 0.25) is 0 Å². The predicted octanol–water partition coefficient (Wildman–Crippen LogP) is 4.81. The number of ketones is 1. The fourth-order valence-electron chi connectivity index (χ4n) is 4.35. The van der Waals surface area contributed by atoms with Gasteiger partial charge in [-0.25, -0.2) is 9.78 Å². The summed E-state index contributed by atoms with van der Waals surface area (Å²) < 4.78 is 10.9. The van der Waals surface area contributed by atoms with Crippen molar-refractivity contribution in [2.75, 3.05) is 11.5 Å². The number of amides is 1. The smallest absolute Gasteiger partial charge is 0.350 e. The number of nitrogens with zero attached hydrogens (tertiary/aromatic N) is 2. The van der Waals surface area contributed by atoms with E-state index in [-0.39, 0.29) is 34.1 Å². The molecule has 2 unspecified atom stereocenters. The lowest BCUT2D eigenvalue weighted by molar-refractivity contribution is -0.132. The summed E-state index contributed by atoms with van der Waals surface area (Å²) in [5.74, 6) is -1.76. The molecule has 0 bridgehead atoms. The van der Waals surface area contributed by atoms with Crippen LogP contribution in [0.3, 0.4) is 0 Å². The number of aryl methyl sites for hydroxylation is 1. The number of esters is 1. The standard InChI is InChI=1S/C26H22N2O6S2/c1-4-9-33-25(32)23-14(3)27-26(36-23)28-20(18-6-5-10-35-18)19(22(30)24(28)31)21(29)15-7-8-17-16(12-15)11-13(2)34-17/h4-8,10,12-13,20,29H,1,9,11H2,2-3H3/b21-19+. The third kappa shape index (κ3) is 4.02. The summed E-state index contributed by atoms with van der Waals surface area (Å²) >= 11 is 2.32. The first-order valence-electron chi connectivity index (χ1n) is 11.2. The van der Waals surface area contributed by atoms with Gasteiger partial charge < -0.3 is 14.6 Å². The zero-order valence-corrected chi connectivity index (χ0v) is 21.1. The Bertz CT molecular complexity index is 1420. The van der Waals surface area contributed by atoms with Gasteiger partial charge in [0.15, 0.2) is 5.13 Å². The van der Waals surface area contributed by atoms with Crippen molar-refractivity contribution >= 4 is 51.2 Å². The van der Waals surface area contributed by atoms with E-state index in [1.807, 2.05) is 12.3 Å². The summed E-state index contributed by atoms with van der Waals surface area (Å²) in [6.07, 6.45) is 2.16. The Labute approximate surface area is 215 Å². The maximum atomic E-state index is 13.3. The summed E-state index contributed by atoms with van der Waals surface area (Å²) in [6, 6.07) is 7.92. The lowest BCUT2D eigenvalue weighted by atomic mass is 9.98. The van der Waals surface area contributed by atoms with Gasteiger partial charge in [-0.1, -0.05) is 30.1 Å². The van der Waals surface area contributed by atoms with E-state index in [1.54, 1.807) is 37.3 Å². The molecule has 10 heteroatoms. The van der Waals surface area contributed by atoms with Gasteiger partial charge in [0.1, 0.15) is 35.1 Å². The van der Waals surface area contributed by atoms with Gasteiger partial charge in [-0.3, -0.25) is 14.5 Å². The molecule has 0 saturated carbocycles. The first kappa shape index (κ1) is 24.0. The number of hydrogen-bond acceptors (Lipinski definition) is 9. The molecule has 0 aliphatic carbocycles. The van der Waals surface area contributed by atoms with E-state index in [0.29, 0.717) is 22.6 Å². The lowest BCUT2D eigenvalue weighted by Gasteiger charge is -2.21. The minimum absolute atomic E-state index is 0.0228. The van der Waals surface area contributed by atoms with E-state index in [2.05, 4.69) is 11.6 Å². The van der Waals surface area contributed by atoms with Crippen molar-refractivity contribution in [2.45, 2.75) is 32.4 Å². The van der Waals surface area contributed by atoms with Gasteiger partial charge in [0, 0.05) is 16.9 Å². The highest BCUT2D eigenvalue weighted by Crippen LogP contribution is 2.45. The molecule has 36 heavy (non-hydrogen) atoms. The van der Waals surface area contributed by atoms with E-state index in [0.717, 1.165) is 22.6 Å². The Morgan fingerprint density at radius 1 is 1.36 bits per heavy atom. The van der Waals surface area contributed by atoms with E-state index in [1.165, 1.54) is 22.3 Å². The zero-order valence-electron chi connectivity index (χ0n) is 19.5. The van der Waals surface area contributed by atoms with E-state index < -0.39 is 23.7 Å². The second kappa shape index (κ2) is 9.36. The molecule has 1 amide bonds. The molecule has 2 aliphatic rings. The number of thiophene rings is 1. The van der Waals surface area contributed by atoms with Crippen LogP contribution in [-0.4, -0.2) is 40.5 Å². The van der Waals surface area contributed by atoms with Crippen LogP contribution in [0.5, 0.6) is 5.75 Å². The predicted molar refractivity (Wildman–Crippen MR) is 137 cm³/mol. The van der Waals surface area contributed by atoms with E-state index >= 15 is 0 Å². The SMILES string of the molecule is C=CCOC(=O)c1sc(N2C(=O)C(=O)/C(=C(/O)c3ccc4c(c3)CC(C)O4)C2c2cccs2)nc1C. The number of Topliss-reactive ketones (excluding diaryl/α,β-unsaturated/α-hetero) is 1. The van der Waals surface area contributed by atoms with Crippen LogP contribution in [0.2, 0.25) is 0 Å². The molecule has 1 saturated heterocycles. The average Bonchev–Trinajstić information content (AvgIpc) is 3.63. The largest absolute Gasteiger partial charge is 0.507 e. The fourth-order valence-corrected chi connectivity index (χ4v) is 6.16. The van der Waals surface area contributed by atoms with Crippen molar-refractivity contribution in [3.63, 3.8) is 0 Å². The molecule has 3 aromatic rings. The zero-order chi connectivity index (χ0) is 25.6. The summed E-state index contributed by atoms with van der Waals surface area (Å²) in [6.45, 7) is 7.16. The molecule has 2 aliphatic heterocycles. The molecule has 5 rings (SSSR count). The Morgan fingerprint density at radius 2 is 2.17 bits per heavy atom. The Morgan fingerprint density at radius 3 is 2.89 bits per heavy atom. The number of thiazole rings is 1. The average molecular weight is 523 g/mol. The van der Waals surface area contributed by atoms with Crippen molar-refractivity contribution in [1.29, 1.82) is 0 Å². The number of carbonyl (C=O) groups excluding carboxylic acids is 3. The molecular weight excluding hydrogens is 500 g/mol. The van der Waals surface area contributed by atoms with Crippen molar-refractivity contribution in [3.05, 3.63) is 80.5 Å². The number of carbonyl (C=O) groups is 3. The highest BCUT2D eigenvalue weighted by molar-refractivity contribution is 7.18. The van der Waals surface area contributed by atoms with Gasteiger partial charge in [-0.15, -0.1) is 11.3 Å². The molecule has 0 spiro atoms. The molecule has 1 N–H and O–H groups in total. The lowest BCUT2D eigenvalue weighted by Crippen LogP contribution is -2.29. The van der Waals surface area contributed by atoms with E-state index in [4.69, 9.17) is 9.47 Å². The van der Waals surface area contributed by atoms with Crippen LogP contribution in [0, 0.1) is 6.92 Å². The van der Waals surface area contributed by atoms with Crippen LogP contribution in [0.25, 0.3) is 5.76 Å². The van der Waals surface area contributed by atoms with Crippen molar-refractivity contribution in [3.8, 4) is 5.75 Å². The van der Waals surface area contributed by atoms with Gasteiger partial charge in [0.25, 0.3) is 5.78 Å². The number of hydrogen-bond donors (Lipinski definition) is 1. The quantitative estimate of drug-likeness (QED) is 0.163. The van der Waals surface area contributed by atoms with Crippen LogP contribution in [0.4, 0.5) is 5.13 Å². The number of anilines is 1. The minimum atomic E-state index is -0.893. The summed E-state index contributed by atoms with van der Waals surface area (Å²) in [7, 11) is 0. The fraction of sp³-hybridized carbons (Fsp3) is 0.231. The molecule has 184 valence electrons. The molecular formula is C26H22N2O6S2. The van der Waals surface area contributed by atoms with Gasteiger partial charge >= 0.3 is 11.9 Å². The molecule has 2 atom stereocenters. The van der Waals surface area contributed by atoms with Gasteiger partial charge in [0.05, 0.1) is 11.3 Å². The number of aliphatic hydroxyl groups excluding tert-OH is 1. The maximum Gasteiger partial charge on any atom is 0.350 e. The number of aromatic nitrogens is 1. The maximum absolute atomic E-state index is 13.3. The first-order valence-corrected chi connectivity index (χ1v) is 12.9. The van der Waals surface area contributed by atoms with Crippen LogP contribution in [0.1, 0.15) is 44.3 Å². The third-order valence-electron chi connectivity index (χ3n) is 5.94. The molecule has 2 aromatic heterocycles. The molecule has 0 radical (unpaired) electrons. The Kier molecular flexibility index (Phi) is 6.23. The van der Waals surface area contributed by atoms with Crippen LogP contribution in [0.15, 0.2) is 53.9 Å². The van der Waals surface area contributed by atoms with Gasteiger partial charge in [-0.05, 0) is 49.1 Å². The number of rotatable bonds is 6. The highest BCUT2D eigenvalue weighted by atomic mass is 32.1. The van der Waals surface area contributed by atoms with Crippen LogP contribution >= 0.6 is 22.7 Å². The summed E-state index contributed by atoms with van der Waals surface area (Å²) in [4.78, 5) is 45.6. The van der Waals surface area contributed by atoms with Gasteiger partial charge in [-0.2, -0.15) is 0 Å². The second-order valence-electron chi connectivity index (χ2n) is 8.44. The molecule has 8 nitrogen and oxygen atoms in total. The van der Waals surface area contributed by atoms with Crippen molar-refractivity contribution in [2.24, 2.45) is 0 Å². The van der Waals surface area contributed by atoms with Crippen LogP contribution in [-0.2, 0) is 20.7 Å². The number of fused-ring (bicyclic) bond motifs is 1. The topological polar surface area (TPSA) is 106 Å². The molecule has 4 heterocycles. The van der Waals surface area contributed by atoms with Crippen molar-refractivity contribution in [1.82, 2.24) is 4.98 Å². The normalized spacial score (nSPS) is 20.3. The highest BCUT2D eigenvalue weighted by Gasteiger charge is 2.49.